The average Bonchev–Trinajstić information content (AvgIpc) is 1.74. The van der Waals surface area contributed by atoms with Crippen LogP contribution in [0.2, 0.25) is 0 Å². The number of rotatable bonds is 10. The second-order valence-electron chi connectivity index (χ2n) is 27.0. The largest absolute Gasteiger partial charge is 0.444 e. The highest BCUT2D eigenvalue weighted by molar-refractivity contribution is 6.00. The molecular weight excluding hydrogens is 1110 g/mol. The first kappa shape index (κ1) is 58.2. The third-order valence-corrected chi connectivity index (χ3v) is 18.9. The molecule has 87 heavy (non-hydrogen) atoms. The fraction of sp³-hybridized carbons (Fsp3) is 0.571. The summed E-state index contributed by atoms with van der Waals surface area (Å²) in [5.41, 5.74) is 3.46. The van der Waals surface area contributed by atoms with Crippen LogP contribution in [0.5, 0.6) is 0 Å². The standard InChI is InChI=1S/C34H44N8O5.C29H36N8O3/c1-33(2,3)47-32(45)41-22-8-9-23(41)15-34(14-22)16-28(43)40(20-34)24-10-11-27(35-18-24)37-31-36-17-21-13-26(30(44)39(4)5)42(29(21)38-31)25-7-6-12-46-19-25;1-35(2)27(39)23-10-18-14-31-28(34-26(18)37(23)22-4-3-9-40-16-22)33-24-8-7-21(15-30-24)36-17-29(13-25(36)38)11-19-5-6-20(12-29)32-19/h10-11,13,17-18,22-23,25H,6-9,12,14-16,19-20H2,1-5H3,(H,35,36,37,38);7-8,10,14-15,19-20,22,32H,3-6,9,11-13,16-17H2,1-2H3,(H,30,31,33,34). The number of carbonyl (C=O) groups excluding carboxylic acids is 5. The molecule has 6 unspecified atom stereocenters. The van der Waals surface area contributed by atoms with E-state index in [2.05, 4.69) is 35.9 Å². The Morgan fingerprint density at radius 3 is 1.47 bits per heavy atom. The van der Waals surface area contributed by atoms with E-state index in [0.717, 1.165) is 99.5 Å². The first-order chi connectivity index (χ1) is 41.8. The highest BCUT2D eigenvalue weighted by Gasteiger charge is 2.56. The number of piperidine rings is 2. The number of nitrogens with one attached hydrogen (secondary N) is 3. The SMILES string of the molecule is CN(C)C(=O)c1cc2cnc(Nc3ccc(N4CC5(CC4=O)CC4CCC(C5)N4)cn3)nc2n1C1CCCOC1.CN(C)C(=O)c1cc2cnc(Nc3ccc(N4CC5(CC4=O)CC4CCC(C5)N4C(=O)OC(C)(C)C)cn3)nc2n1C1CCCOC1. The van der Waals surface area contributed by atoms with Crippen molar-refractivity contribution in [2.75, 3.05) is 88.1 Å². The van der Waals surface area contributed by atoms with E-state index in [1.54, 1.807) is 62.8 Å². The molecule has 0 aliphatic carbocycles. The molecule has 4 bridgehead atoms. The lowest BCUT2D eigenvalue weighted by Crippen LogP contribution is -2.52. The maximum absolute atomic E-state index is 13.4. The number of hydrogen-bond acceptors (Lipinski definition) is 17. The Hall–Kier alpha value is -7.83. The lowest BCUT2D eigenvalue weighted by atomic mass is 9.74. The van der Waals surface area contributed by atoms with Crippen LogP contribution in [0.1, 0.15) is 144 Å². The Kier molecular flexibility index (Phi) is 15.4. The van der Waals surface area contributed by atoms with Crippen molar-refractivity contribution >= 4 is 86.7 Å². The van der Waals surface area contributed by atoms with Crippen molar-refractivity contribution in [2.45, 2.75) is 153 Å². The van der Waals surface area contributed by atoms with E-state index in [1.165, 1.54) is 12.8 Å². The topological polar surface area (TPSA) is 253 Å². The smallest absolute Gasteiger partial charge is 0.410 e. The molecule has 8 saturated heterocycles. The number of aromatic nitrogens is 8. The molecule has 24 nitrogen and oxygen atoms in total. The van der Waals surface area contributed by atoms with Crippen LogP contribution in [-0.2, 0) is 23.8 Å². The van der Waals surface area contributed by atoms with Gasteiger partial charge >= 0.3 is 6.09 Å². The van der Waals surface area contributed by atoms with Gasteiger partial charge in [-0.2, -0.15) is 9.97 Å². The van der Waals surface area contributed by atoms with Crippen molar-refractivity contribution in [3.05, 3.63) is 72.6 Å². The maximum atomic E-state index is 13.4. The Morgan fingerprint density at radius 1 is 0.609 bits per heavy atom. The highest BCUT2D eigenvalue weighted by atomic mass is 16.6. The summed E-state index contributed by atoms with van der Waals surface area (Å²) in [5, 5.41) is 11.7. The summed E-state index contributed by atoms with van der Waals surface area (Å²) in [6, 6.07) is 12.6. The molecule has 6 aromatic heterocycles. The Balaban J connectivity index is 0.000000163. The molecule has 0 saturated carbocycles. The van der Waals surface area contributed by atoms with Crippen LogP contribution >= 0.6 is 0 Å². The second-order valence-corrected chi connectivity index (χ2v) is 27.0. The predicted molar refractivity (Wildman–Crippen MR) is 326 cm³/mol. The summed E-state index contributed by atoms with van der Waals surface area (Å²) in [6.07, 6.45) is 19.5. The number of amides is 5. The van der Waals surface area contributed by atoms with Gasteiger partial charge in [0.2, 0.25) is 23.7 Å². The van der Waals surface area contributed by atoms with E-state index in [4.69, 9.17) is 24.2 Å². The van der Waals surface area contributed by atoms with E-state index in [9.17, 15) is 24.0 Å². The van der Waals surface area contributed by atoms with Gasteiger partial charge in [0.25, 0.3) is 11.8 Å². The van der Waals surface area contributed by atoms with Crippen LogP contribution in [-0.4, -0.2) is 181 Å². The number of hydrogen-bond donors (Lipinski definition) is 3. The maximum Gasteiger partial charge on any atom is 0.410 e. The monoisotopic (exact) mass is 1190 g/mol. The summed E-state index contributed by atoms with van der Waals surface area (Å²) in [7, 11) is 6.98. The van der Waals surface area contributed by atoms with E-state index in [0.29, 0.717) is 97.5 Å². The van der Waals surface area contributed by atoms with Crippen LogP contribution in [0.3, 0.4) is 0 Å². The third kappa shape index (κ3) is 11.7. The lowest BCUT2D eigenvalue weighted by molar-refractivity contribution is -0.119. The van der Waals surface area contributed by atoms with Crippen molar-refractivity contribution in [2.24, 2.45) is 10.8 Å². The van der Waals surface area contributed by atoms with Crippen molar-refractivity contribution in [3.8, 4) is 0 Å². The molecule has 460 valence electrons. The lowest BCUT2D eigenvalue weighted by Gasteiger charge is -2.44. The zero-order valence-electron chi connectivity index (χ0n) is 51.0. The number of anilines is 6. The van der Waals surface area contributed by atoms with Crippen LogP contribution in [0, 0.1) is 10.8 Å². The van der Waals surface area contributed by atoms with Gasteiger partial charge in [0.15, 0.2) is 0 Å². The molecule has 14 heterocycles. The fourth-order valence-electron chi connectivity index (χ4n) is 15.2. The molecule has 14 rings (SSSR count). The molecular formula is C63H80N16O8. The quantitative estimate of drug-likeness (QED) is 0.117. The summed E-state index contributed by atoms with van der Waals surface area (Å²) in [6.45, 7) is 9.58. The number of nitrogens with zero attached hydrogens (tertiary/aromatic N) is 13. The van der Waals surface area contributed by atoms with Gasteiger partial charge in [0.1, 0.15) is 39.9 Å². The van der Waals surface area contributed by atoms with Crippen LogP contribution < -0.4 is 25.8 Å². The van der Waals surface area contributed by atoms with E-state index >= 15 is 0 Å². The van der Waals surface area contributed by atoms with Crippen molar-refractivity contribution < 1.29 is 38.2 Å². The summed E-state index contributed by atoms with van der Waals surface area (Å²) >= 11 is 0. The van der Waals surface area contributed by atoms with Crippen LogP contribution in [0.4, 0.5) is 39.7 Å². The van der Waals surface area contributed by atoms with Gasteiger partial charge in [-0.3, -0.25) is 19.2 Å². The molecule has 6 aromatic rings. The normalized spacial score (nSPS) is 26.9. The minimum atomic E-state index is -0.537. The summed E-state index contributed by atoms with van der Waals surface area (Å²) in [5.74, 6) is 1.99. The first-order valence-corrected chi connectivity index (χ1v) is 31.0. The van der Waals surface area contributed by atoms with Crippen molar-refractivity contribution in [3.63, 3.8) is 0 Å². The van der Waals surface area contributed by atoms with Crippen molar-refractivity contribution in [1.29, 1.82) is 0 Å². The highest BCUT2D eigenvalue weighted by Crippen LogP contribution is 2.52. The molecule has 8 aliphatic heterocycles. The molecule has 6 atom stereocenters. The predicted octanol–water partition coefficient (Wildman–Crippen LogP) is 8.17. The molecule has 0 radical (unpaired) electrons. The zero-order chi connectivity index (χ0) is 60.5. The molecule has 8 aliphatic rings. The molecule has 24 heteroatoms. The van der Waals surface area contributed by atoms with Gasteiger partial charge in [0.05, 0.1) is 49.1 Å². The van der Waals surface area contributed by atoms with Crippen LogP contribution in [0.25, 0.3) is 22.1 Å². The van der Waals surface area contributed by atoms with Crippen LogP contribution in [0.15, 0.2) is 61.2 Å². The van der Waals surface area contributed by atoms with Gasteiger partial charge in [-0.05, 0) is 134 Å². The van der Waals surface area contributed by atoms with Gasteiger partial charge < -0.3 is 63.8 Å². The summed E-state index contributed by atoms with van der Waals surface area (Å²) < 4.78 is 21.2. The second kappa shape index (κ2) is 23.0. The summed E-state index contributed by atoms with van der Waals surface area (Å²) in [4.78, 5) is 102. The Morgan fingerprint density at radius 2 is 1.07 bits per heavy atom. The number of pyridine rings is 2. The number of fused-ring (bicyclic) bond motifs is 6. The van der Waals surface area contributed by atoms with Gasteiger partial charge in [-0.1, -0.05) is 0 Å². The van der Waals surface area contributed by atoms with E-state index in [1.807, 2.05) is 81.0 Å². The zero-order valence-corrected chi connectivity index (χ0v) is 51.0. The van der Waals surface area contributed by atoms with Crippen molar-refractivity contribution in [1.82, 2.24) is 59.1 Å². The number of carbonyl (C=O) groups is 5. The van der Waals surface area contributed by atoms with Gasteiger partial charge in [0, 0.05) is 125 Å². The fourth-order valence-corrected chi connectivity index (χ4v) is 15.2. The average molecular weight is 1190 g/mol. The Bertz CT molecular complexity index is 3580. The third-order valence-electron chi connectivity index (χ3n) is 18.9. The van der Waals surface area contributed by atoms with E-state index < -0.39 is 5.60 Å². The van der Waals surface area contributed by atoms with Gasteiger partial charge in [-0.25, -0.2) is 24.7 Å². The van der Waals surface area contributed by atoms with Gasteiger partial charge in [-0.15, -0.1) is 0 Å². The number of ether oxygens (including phenoxy) is 3. The molecule has 3 N–H and O–H groups in total. The first-order valence-electron chi connectivity index (χ1n) is 31.0. The minimum absolute atomic E-state index is 0.00124. The molecule has 5 amide bonds. The van der Waals surface area contributed by atoms with E-state index in [-0.39, 0.29) is 64.7 Å². The Labute approximate surface area is 506 Å². The molecule has 2 spiro atoms. The molecule has 0 aromatic carbocycles. The molecule has 8 fully saturated rings. The minimum Gasteiger partial charge on any atom is -0.444 e.